The average Bonchev–Trinajstić information content (AvgIpc) is 3.01. The fraction of sp³-hybridized carbons (Fsp3) is 0.111. The number of rotatable bonds is 4. The molecule has 184 valence electrons. The summed E-state index contributed by atoms with van der Waals surface area (Å²) in [6.07, 6.45) is 5.29. The average molecular weight is 521 g/mol. The lowest BCUT2D eigenvalue weighted by Crippen LogP contribution is -2.90. The first-order valence-electron chi connectivity index (χ1n) is 13.6. The van der Waals surface area contributed by atoms with Crippen LogP contribution >= 0.6 is 0 Å². The Hall–Kier alpha value is -3.73. The monoisotopic (exact) mass is 520 g/mol. The molecule has 5 aromatic carbocycles. The van der Waals surface area contributed by atoms with Gasteiger partial charge in [0, 0.05) is 10.1 Å². The molecule has 2 aliphatic heterocycles. The van der Waals surface area contributed by atoms with Gasteiger partial charge in [0.2, 0.25) is 0 Å². The van der Waals surface area contributed by atoms with Crippen molar-refractivity contribution in [2.45, 2.75) is 23.2 Å². The maximum absolute atomic E-state index is 2.73. The highest BCUT2D eigenvalue weighted by molar-refractivity contribution is 7.53. The van der Waals surface area contributed by atoms with Gasteiger partial charge < -0.3 is 0 Å². The van der Waals surface area contributed by atoms with Gasteiger partial charge in [0.1, 0.15) is 15.2 Å². The van der Waals surface area contributed by atoms with E-state index in [0.29, 0.717) is 0 Å². The maximum atomic E-state index is 2.73. The lowest BCUT2D eigenvalue weighted by molar-refractivity contribution is 0.728. The van der Waals surface area contributed by atoms with Crippen molar-refractivity contribution in [1.82, 2.24) is 0 Å². The zero-order valence-corrected chi connectivity index (χ0v) is 24.0. The molecule has 3 aliphatic rings. The third-order valence-corrected chi connectivity index (χ3v) is 29.8. The maximum Gasteiger partial charge on any atom is 0.104 e. The van der Waals surface area contributed by atoms with Gasteiger partial charge in [-0.05, 0) is 22.3 Å². The summed E-state index contributed by atoms with van der Waals surface area (Å²) in [5.74, 6) is 0. The van der Waals surface area contributed by atoms with Gasteiger partial charge in [0.05, 0.1) is 0 Å². The first kappa shape index (κ1) is 23.4. The summed E-state index contributed by atoms with van der Waals surface area (Å²) >= 11 is 0. The van der Waals surface area contributed by atoms with Gasteiger partial charge in [0.25, 0.3) is 0 Å². The van der Waals surface area contributed by atoms with E-state index < -0.39 is 15.2 Å². The van der Waals surface area contributed by atoms with Gasteiger partial charge in [-0.15, -0.1) is 0 Å². The van der Waals surface area contributed by atoms with E-state index >= 15 is 0 Å². The minimum atomic E-state index is -2.43. The van der Waals surface area contributed by atoms with Crippen LogP contribution in [0.15, 0.2) is 158 Å². The second kappa shape index (κ2) is 8.39. The van der Waals surface area contributed by atoms with E-state index in [0.717, 1.165) is 0 Å². The molecule has 0 saturated carbocycles. The molecule has 2 heterocycles. The normalized spacial score (nSPS) is 29.1. The molecule has 2 heteroatoms. The quantitative estimate of drug-likeness (QED) is 0.177. The Morgan fingerprint density at radius 2 is 0.658 bits per heavy atom. The van der Waals surface area contributed by atoms with E-state index in [1.54, 1.807) is 10.4 Å². The molecule has 2 bridgehead atoms. The highest BCUT2D eigenvalue weighted by Crippen LogP contribution is 2.63. The molecular formula is C36H32Si2. The summed E-state index contributed by atoms with van der Waals surface area (Å²) in [5.41, 5.74) is 5.85. The van der Waals surface area contributed by atoms with Crippen LogP contribution in [0, 0.1) is 0 Å². The highest BCUT2D eigenvalue weighted by Gasteiger charge is 2.75. The lowest BCUT2D eigenvalue weighted by atomic mass is 9.74. The molecule has 8 rings (SSSR count). The Morgan fingerprint density at radius 3 is 1.00 bits per heavy atom. The van der Waals surface area contributed by atoms with Gasteiger partial charge in [-0.3, -0.25) is 0 Å². The van der Waals surface area contributed by atoms with Gasteiger partial charge in [-0.25, -0.2) is 0 Å². The van der Waals surface area contributed by atoms with Crippen molar-refractivity contribution in [2.75, 3.05) is 0 Å². The molecule has 0 radical (unpaired) electrons. The van der Waals surface area contributed by atoms with Crippen LogP contribution in [0.3, 0.4) is 0 Å². The van der Waals surface area contributed by atoms with E-state index in [9.17, 15) is 0 Å². The minimum absolute atomic E-state index is 0.167. The summed E-state index contributed by atoms with van der Waals surface area (Å²) < 4.78 is 0. The number of hydrogen-bond donors (Lipinski definition) is 0. The first-order chi connectivity index (χ1) is 18.6. The number of benzene rings is 5. The van der Waals surface area contributed by atoms with E-state index in [2.05, 4.69) is 171 Å². The van der Waals surface area contributed by atoms with Crippen LogP contribution in [-0.4, -0.2) is 15.2 Å². The third kappa shape index (κ3) is 2.64. The van der Waals surface area contributed by atoms with Crippen molar-refractivity contribution in [3.63, 3.8) is 0 Å². The molecule has 38 heavy (non-hydrogen) atoms. The van der Waals surface area contributed by atoms with Crippen LogP contribution in [-0.2, 0) is 10.1 Å². The Kier molecular flexibility index (Phi) is 5.17. The second-order valence-electron chi connectivity index (χ2n) is 11.2. The largest absolute Gasteiger partial charge is 0.104 e. The smallest absolute Gasteiger partial charge is 0.0754 e. The molecular weight excluding hydrogens is 489 g/mol. The van der Waals surface area contributed by atoms with Crippen LogP contribution in [0.1, 0.15) is 22.3 Å². The number of hydrogen-bond acceptors (Lipinski definition) is 0. The van der Waals surface area contributed by atoms with E-state index in [4.69, 9.17) is 0 Å². The van der Waals surface area contributed by atoms with Gasteiger partial charge >= 0.3 is 0 Å². The molecule has 0 amide bonds. The van der Waals surface area contributed by atoms with Crippen LogP contribution in [0.4, 0.5) is 0 Å². The molecule has 0 N–H and O–H groups in total. The predicted molar refractivity (Wildman–Crippen MR) is 165 cm³/mol. The summed E-state index contributed by atoms with van der Waals surface area (Å²) in [7, 11) is -4.86. The van der Waals surface area contributed by atoms with E-state index in [1.165, 1.54) is 22.3 Å². The summed E-state index contributed by atoms with van der Waals surface area (Å²) in [6, 6.07) is 55.4. The lowest BCUT2D eigenvalue weighted by Gasteiger charge is -2.69. The first-order valence-corrected chi connectivity index (χ1v) is 19.6. The van der Waals surface area contributed by atoms with Crippen LogP contribution < -0.4 is 10.4 Å². The zero-order chi connectivity index (χ0) is 25.8. The zero-order valence-electron chi connectivity index (χ0n) is 22.0. The molecule has 5 aromatic rings. The van der Waals surface area contributed by atoms with Crippen molar-refractivity contribution in [3.05, 3.63) is 180 Å². The van der Waals surface area contributed by atoms with Crippen molar-refractivity contribution in [3.8, 4) is 0 Å². The van der Waals surface area contributed by atoms with Crippen molar-refractivity contribution in [2.24, 2.45) is 0 Å². The van der Waals surface area contributed by atoms with Gasteiger partial charge in [-0.1, -0.05) is 181 Å². The molecule has 2 unspecified atom stereocenters. The molecule has 0 nitrogen and oxygen atoms in total. The number of allylic oxidation sites excluding steroid dienone is 2. The SMILES string of the molecule is C[Si@]1(c2ccccc2)C2(c3ccccc3)C=CC(c3ccccc3)(c3ccccc32)[Si@]1(C)c1ccccc1. The fourth-order valence-corrected chi connectivity index (χ4v) is 28.9. The van der Waals surface area contributed by atoms with Crippen LogP contribution in [0.25, 0.3) is 0 Å². The highest BCUT2D eigenvalue weighted by atomic mass is 29.3. The Labute approximate surface area is 228 Å². The fourth-order valence-electron chi connectivity index (χ4n) is 8.32. The molecule has 1 aliphatic carbocycles. The Morgan fingerprint density at radius 1 is 0.368 bits per heavy atom. The topological polar surface area (TPSA) is 0 Å². The molecule has 0 spiro atoms. The third-order valence-electron chi connectivity index (χ3n) is 10.1. The Balaban J connectivity index is 1.75. The standard InChI is InChI=1S/C36H32Si2/c1-37(31-21-11-5-12-22-31)35(29-17-7-3-8-18-29)27-28-36(30-19-9-4-10-20-30,34-26-16-15-25-33(34)35)38(37,2)32-23-13-6-14-24-32/h3-28H,1-2H3/t35?,36?,37-,38-/m0/s1. The van der Waals surface area contributed by atoms with Crippen molar-refractivity contribution >= 4 is 25.6 Å². The molecule has 4 atom stereocenters. The van der Waals surface area contributed by atoms with E-state index in [-0.39, 0.29) is 10.1 Å². The summed E-state index contributed by atoms with van der Waals surface area (Å²) in [5, 5.41) is 2.78. The molecule has 0 saturated heterocycles. The molecule has 0 aromatic heterocycles. The Bertz CT molecular complexity index is 1510. The molecule has 0 fully saturated rings. The number of fused-ring (bicyclic) bond motifs is 1. The van der Waals surface area contributed by atoms with E-state index in [1.807, 2.05) is 0 Å². The van der Waals surface area contributed by atoms with Crippen molar-refractivity contribution < 1.29 is 0 Å². The van der Waals surface area contributed by atoms with Crippen LogP contribution in [0.2, 0.25) is 13.1 Å². The van der Waals surface area contributed by atoms with Crippen LogP contribution in [0.5, 0.6) is 0 Å². The van der Waals surface area contributed by atoms with Crippen molar-refractivity contribution in [1.29, 1.82) is 0 Å². The van der Waals surface area contributed by atoms with Gasteiger partial charge in [-0.2, -0.15) is 0 Å². The van der Waals surface area contributed by atoms with Gasteiger partial charge in [0.15, 0.2) is 0 Å². The summed E-state index contributed by atoms with van der Waals surface area (Å²) in [6.45, 7) is 5.46. The second-order valence-corrected chi connectivity index (χ2v) is 24.4. The summed E-state index contributed by atoms with van der Waals surface area (Å²) in [4.78, 5) is 0. The minimum Gasteiger partial charge on any atom is -0.0754 e. The predicted octanol–water partition coefficient (Wildman–Crippen LogP) is 6.97.